The molecule has 1 saturated carbocycles. The van der Waals surface area contributed by atoms with Gasteiger partial charge in [-0.3, -0.25) is 4.79 Å². The fourth-order valence-corrected chi connectivity index (χ4v) is 3.30. The van der Waals surface area contributed by atoms with Gasteiger partial charge in [0.2, 0.25) is 5.91 Å². The maximum Gasteiger partial charge on any atom is 0.221 e. The Kier molecular flexibility index (Phi) is 6.10. The van der Waals surface area contributed by atoms with E-state index in [2.05, 4.69) is 17.6 Å². The average molecular weight is 230 g/mol. The van der Waals surface area contributed by atoms with Gasteiger partial charge in [-0.25, -0.2) is 0 Å². The fraction of sp³-hybridized carbons (Fsp3) is 0.909. The van der Waals surface area contributed by atoms with E-state index in [9.17, 15) is 4.79 Å². The molecule has 88 valence electrons. The highest BCUT2D eigenvalue weighted by Crippen LogP contribution is 2.29. The lowest BCUT2D eigenvalue weighted by Crippen LogP contribution is -2.36. The summed E-state index contributed by atoms with van der Waals surface area (Å²) in [6.45, 7) is 3.02. The molecule has 0 radical (unpaired) electrons. The first kappa shape index (κ1) is 12.8. The molecule has 0 aliphatic heterocycles. The number of amides is 1. The van der Waals surface area contributed by atoms with Crippen LogP contribution in [0.4, 0.5) is 0 Å². The van der Waals surface area contributed by atoms with Gasteiger partial charge >= 0.3 is 0 Å². The van der Waals surface area contributed by atoms with Crippen molar-refractivity contribution < 1.29 is 4.79 Å². The maximum atomic E-state index is 11.0. The summed E-state index contributed by atoms with van der Waals surface area (Å²) >= 11 is 2.05. The van der Waals surface area contributed by atoms with Crippen molar-refractivity contribution in [2.45, 2.75) is 43.9 Å². The monoisotopic (exact) mass is 230 g/mol. The lowest BCUT2D eigenvalue weighted by molar-refractivity contribution is -0.120. The third-order valence-electron chi connectivity index (χ3n) is 2.87. The van der Waals surface area contributed by atoms with Crippen LogP contribution in [0.3, 0.4) is 0 Å². The van der Waals surface area contributed by atoms with Crippen LogP contribution in [0.2, 0.25) is 0 Å². The summed E-state index contributed by atoms with van der Waals surface area (Å²) < 4.78 is 0. The summed E-state index contributed by atoms with van der Waals surface area (Å²) in [6, 6.07) is 0.625. The molecule has 2 atom stereocenters. The second kappa shape index (κ2) is 7.12. The lowest BCUT2D eigenvalue weighted by Gasteiger charge is -2.19. The Bertz CT molecular complexity index is 199. The summed E-state index contributed by atoms with van der Waals surface area (Å²) in [7, 11) is 1.69. The van der Waals surface area contributed by atoms with Crippen molar-refractivity contribution in [1.82, 2.24) is 10.6 Å². The SMILES string of the molecule is CCS[C@@H]1CCC[C@@H]1NCCC(=O)NC. The highest BCUT2D eigenvalue weighted by Gasteiger charge is 2.26. The highest BCUT2D eigenvalue weighted by atomic mass is 32.2. The Labute approximate surface area is 96.8 Å². The standard InChI is InChI=1S/C11H22N2OS/c1-3-15-10-6-4-5-9(10)13-8-7-11(14)12-2/h9-10,13H,3-8H2,1-2H3,(H,12,14)/t9-,10+/m0/s1. The van der Waals surface area contributed by atoms with Crippen LogP contribution in [0, 0.1) is 0 Å². The van der Waals surface area contributed by atoms with Gasteiger partial charge in [0.05, 0.1) is 0 Å². The zero-order chi connectivity index (χ0) is 11.1. The molecular formula is C11H22N2OS. The normalized spacial score (nSPS) is 25.5. The molecule has 0 saturated heterocycles. The lowest BCUT2D eigenvalue weighted by atomic mass is 10.2. The molecule has 0 aromatic carbocycles. The minimum atomic E-state index is 0.125. The minimum Gasteiger partial charge on any atom is -0.359 e. The highest BCUT2D eigenvalue weighted by molar-refractivity contribution is 7.99. The number of hydrogen-bond donors (Lipinski definition) is 2. The molecule has 1 aliphatic rings. The van der Waals surface area contributed by atoms with E-state index in [-0.39, 0.29) is 5.91 Å². The van der Waals surface area contributed by atoms with Gasteiger partial charge in [0.25, 0.3) is 0 Å². The molecule has 15 heavy (non-hydrogen) atoms. The van der Waals surface area contributed by atoms with Crippen molar-refractivity contribution in [1.29, 1.82) is 0 Å². The van der Waals surface area contributed by atoms with Gasteiger partial charge in [-0.1, -0.05) is 13.3 Å². The third-order valence-corrected chi connectivity index (χ3v) is 4.20. The molecule has 0 unspecified atom stereocenters. The summed E-state index contributed by atoms with van der Waals surface area (Å²) in [5, 5.41) is 6.91. The Morgan fingerprint density at radius 3 is 2.93 bits per heavy atom. The molecule has 0 aromatic heterocycles. The molecule has 0 aromatic rings. The molecule has 4 heteroatoms. The van der Waals surface area contributed by atoms with Crippen LogP contribution in [-0.4, -0.2) is 36.5 Å². The molecule has 1 aliphatic carbocycles. The molecule has 0 spiro atoms. The minimum absolute atomic E-state index is 0.125. The Balaban J connectivity index is 2.16. The molecule has 1 amide bonds. The predicted octanol–water partition coefficient (Wildman–Crippen LogP) is 1.39. The van der Waals surface area contributed by atoms with Gasteiger partial charge in [0.1, 0.15) is 0 Å². The molecular weight excluding hydrogens is 208 g/mol. The van der Waals surface area contributed by atoms with Gasteiger partial charge in [-0.05, 0) is 18.6 Å². The summed E-state index contributed by atoms with van der Waals surface area (Å²) in [4.78, 5) is 11.0. The van der Waals surface area contributed by atoms with E-state index in [1.165, 1.54) is 25.0 Å². The molecule has 2 N–H and O–H groups in total. The first-order valence-electron chi connectivity index (χ1n) is 5.83. The predicted molar refractivity (Wildman–Crippen MR) is 66.2 cm³/mol. The van der Waals surface area contributed by atoms with Gasteiger partial charge in [0.15, 0.2) is 0 Å². The van der Waals surface area contributed by atoms with Crippen molar-refractivity contribution in [3.63, 3.8) is 0 Å². The quantitative estimate of drug-likeness (QED) is 0.724. The summed E-state index contributed by atoms with van der Waals surface area (Å²) in [5.41, 5.74) is 0. The van der Waals surface area contributed by atoms with E-state index >= 15 is 0 Å². The van der Waals surface area contributed by atoms with E-state index in [0.29, 0.717) is 12.5 Å². The van der Waals surface area contributed by atoms with Crippen LogP contribution in [-0.2, 0) is 4.79 Å². The maximum absolute atomic E-state index is 11.0. The van der Waals surface area contributed by atoms with Crippen molar-refractivity contribution in [3.8, 4) is 0 Å². The van der Waals surface area contributed by atoms with Crippen LogP contribution < -0.4 is 10.6 Å². The van der Waals surface area contributed by atoms with Crippen molar-refractivity contribution >= 4 is 17.7 Å². The second-order valence-corrected chi connectivity index (χ2v) is 5.42. The average Bonchev–Trinajstić information content (AvgIpc) is 2.66. The summed E-state index contributed by atoms with van der Waals surface area (Å²) in [5.74, 6) is 1.32. The van der Waals surface area contributed by atoms with Crippen molar-refractivity contribution in [3.05, 3.63) is 0 Å². The smallest absolute Gasteiger partial charge is 0.221 e. The second-order valence-electron chi connectivity index (χ2n) is 3.91. The van der Waals surface area contributed by atoms with Crippen LogP contribution in [0.5, 0.6) is 0 Å². The first-order valence-corrected chi connectivity index (χ1v) is 6.88. The van der Waals surface area contributed by atoms with Gasteiger partial charge in [0, 0.05) is 31.3 Å². The Morgan fingerprint density at radius 2 is 2.27 bits per heavy atom. The number of carbonyl (C=O) groups is 1. The van der Waals surface area contributed by atoms with Gasteiger partial charge in [-0.15, -0.1) is 0 Å². The molecule has 0 heterocycles. The largest absolute Gasteiger partial charge is 0.359 e. The molecule has 0 bridgehead atoms. The van der Waals surface area contributed by atoms with Gasteiger partial charge < -0.3 is 10.6 Å². The van der Waals surface area contributed by atoms with Crippen LogP contribution in [0.15, 0.2) is 0 Å². The zero-order valence-electron chi connectivity index (χ0n) is 9.71. The van der Waals surface area contributed by atoms with E-state index in [4.69, 9.17) is 0 Å². The Hall–Kier alpha value is -0.220. The van der Waals surface area contributed by atoms with E-state index < -0.39 is 0 Å². The molecule has 3 nitrogen and oxygen atoms in total. The molecule has 1 fully saturated rings. The number of thioether (sulfide) groups is 1. The fourth-order valence-electron chi connectivity index (χ4n) is 2.07. The van der Waals surface area contributed by atoms with E-state index in [0.717, 1.165) is 11.8 Å². The van der Waals surface area contributed by atoms with Crippen LogP contribution in [0.1, 0.15) is 32.6 Å². The number of nitrogens with one attached hydrogen (secondary N) is 2. The number of hydrogen-bond acceptors (Lipinski definition) is 3. The van der Waals surface area contributed by atoms with Crippen LogP contribution >= 0.6 is 11.8 Å². The third kappa shape index (κ3) is 4.43. The Morgan fingerprint density at radius 1 is 1.47 bits per heavy atom. The van der Waals surface area contributed by atoms with Crippen LogP contribution in [0.25, 0.3) is 0 Å². The van der Waals surface area contributed by atoms with Gasteiger partial charge in [-0.2, -0.15) is 11.8 Å². The topological polar surface area (TPSA) is 41.1 Å². The first-order chi connectivity index (χ1) is 7.27. The van der Waals surface area contributed by atoms with E-state index in [1.54, 1.807) is 7.05 Å². The van der Waals surface area contributed by atoms with Crippen molar-refractivity contribution in [2.75, 3.05) is 19.3 Å². The zero-order valence-corrected chi connectivity index (χ0v) is 10.5. The van der Waals surface area contributed by atoms with Crippen molar-refractivity contribution in [2.24, 2.45) is 0 Å². The number of rotatable bonds is 6. The number of carbonyl (C=O) groups excluding carboxylic acids is 1. The molecule has 1 rings (SSSR count). The van der Waals surface area contributed by atoms with E-state index in [1.807, 2.05) is 11.8 Å². The summed E-state index contributed by atoms with van der Waals surface area (Å²) in [6.07, 6.45) is 4.52.